The first kappa shape index (κ1) is 21.0. The second kappa shape index (κ2) is 8.85. The predicted molar refractivity (Wildman–Crippen MR) is 124 cm³/mol. The number of benzene rings is 2. The summed E-state index contributed by atoms with van der Waals surface area (Å²) in [5, 5.41) is 4.30. The van der Waals surface area contributed by atoms with Gasteiger partial charge in [0.25, 0.3) is 5.56 Å². The van der Waals surface area contributed by atoms with E-state index in [4.69, 9.17) is 9.72 Å². The van der Waals surface area contributed by atoms with Gasteiger partial charge >= 0.3 is 0 Å². The van der Waals surface area contributed by atoms with Crippen molar-refractivity contribution in [3.05, 3.63) is 64.4 Å². The van der Waals surface area contributed by atoms with Crippen molar-refractivity contribution in [3.63, 3.8) is 0 Å². The van der Waals surface area contributed by atoms with E-state index in [2.05, 4.69) is 5.32 Å². The number of aryl methyl sites for hydroxylation is 1. The first-order chi connectivity index (χ1) is 15.0. The van der Waals surface area contributed by atoms with Crippen molar-refractivity contribution < 1.29 is 9.53 Å². The number of carbonyl (C=O) groups excluding carboxylic acids is 1. The quantitative estimate of drug-likeness (QED) is 0.355. The minimum atomic E-state index is -0.114. The van der Waals surface area contributed by atoms with Crippen LogP contribution in [0.1, 0.15) is 12.5 Å². The molecule has 0 bridgehead atoms. The highest BCUT2D eigenvalue weighted by Gasteiger charge is 2.19. The largest absolute Gasteiger partial charge is 0.497 e. The van der Waals surface area contributed by atoms with Crippen LogP contribution in [-0.4, -0.2) is 32.9 Å². The van der Waals surface area contributed by atoms with E-state index < -0.39 is 0 Å². The second-order valence-electron chi connectivity index (χ2n) is 7.13. The van der Waals surface area contributed by atoms with Gasteiger partial charge in [-0.05, 0) is 30.7 Å². The van der Waals surface area contributed by atoms with E-state index >= 15 is 0 Å². The molecule has 0 saturated carbocycles. The van der Waals surface area contributed by atoms with Crippen LogP contribution in [0.2, 0.25) is 0 Å². The number of fused-ring (bicyclic) bond motifs is 3. The number of hydrogen-bond donors (Lipinski definition) is 1. The number of nitrogens with zero attached hydrogens (tertiary/aromatic N) is 3. The lowest BCUT2D eigenvalue weighted by atomic mass is 10.2. The maximum atomic E-state index is 13.2. The van der Waals surface area contributed by atoms with E-state index in [-0.39, 0.29) is 17.2 Å². The number of aromatic nitrogens is 3. The smallest absolute Gasteiger partial charge is 0.278 e. The van der Waals surface area contributed by atoms with Crippen molar-refractivity contribution in [2.75, 3.05) is 12.9 Å². The van der Waals surface area contributed by atoms with Crippen LogP contribution in [0, 0.1) is 0 Å². The molecular weight excluding hydrogens is 412 g/mol. The number of ether oxygens (including phenoxy) is 1. The van der Waals surface area contributed by atoms with E-state index in [1.807, 2.05) is 67.1 Å². The van der Waals surface area contributed by atoms with Crippen LogP contribution in [0.5, 0.6) is 5.75 Å². The summed E-state index contributed by atoms with van der Waals surface area (Å²) in [6, 6.07) is 15.4. The Morgan fingerprint density at radius 2 is 1.97 bits per heavy atom. The van der Waals surface area contributed by atoms with Gasteiger partial charge in [0, 0.05) is 25.5 Å². The van der Waals surface area contributed by atoms with Gasteiger partial charge in [-0.3, -0.25) is 14.2 Å². The molecule has 2 aromatic heterocycles. The average Bonchev–Trinajstić information content (AvgIpc) is 3.08. The summed E-state index contributed by atoms with van der Waals surface area (Å²) in [6.07, 6.45) is 0. The third kappa shape index (κ3) is 4.03. The molecule has 0 aliphatic heterocycles. The van der Waals surface area contributed by atoms with Crippen molar-refractivity contribution in [1.82, 2.24) is 19.4 Å². The van der Waals surface area contributed by atoms with Gasteiger partial charge in [-0.1, -0.05) is 42.1 Å². The topological polar surface area (TPSA) is 78.2 Å². The molecule has 0 radical (unpaired) electrons. The molecule has 2 heterocycles. The zero-order valence-corrected chi connectivity index (χ0v) is 18.5. The molecule has 0 aliphatic carbocycles. The van der Waals surface area contributed by atoms with Crippen LogP contribution >= 0.6 is 11.8 Å². The fourth-order valence-corrected chi connectivity index (χ4v) is 4.51. The lowest BCUT2D eigenvalue weighted by molar-refractivity contribution is -0.118. The van der Waals surface area contributed by atoms with Crippen LogP contribution in [0.15, 0.2) is 58.5 Å². The SMILES string of the molecule is CCn1c(SCC(=O)NCc2ccccc2)nc2c3cc(OC)ccc3n(C)c2c1=O. The van der Waals surface area contributed by atoms with Crippen LogP contribution in [-0.2, 0) is 24.9 Å². The van der Waals surface area contributed by atoms with Crippen molar-refractivity contribution >= 4 is 39.6 Å². The molecule has 0 atom stereocenters. The number of carbonyl (C=O) groups is 1. The standard InChI is InChI=1S/C23H24N4O3S/c1-4-27-22(29)21-20(17-12-16(30-3)10-11-18(17)26(21)2)25-23(27)31-14-19(28)24-13-15-8-6-5-7-9-15/h5-12H,4,13-14H2,1-3H3,(H,24,28). The summed E-state index contributed by atoms with van der Waals surface area (Å²) >= 11 is 1.27. The normalized spacial score (nSPS) is 11.2. The van der Waals surface area contributed by atoms with E-state index in [1.54, 1.807) is 11.7 Å². The second-order valence-corrected chi connectivity index (χ2v) is 8.08. The number of thioether (sulfide) groups is 1. The maximum absolute atomic E-state index is 13.2. The van der Waals surface area contributed by atoms with E-state index in [0.717, 1.165) is 16.5 Å². The lowest BCUT2D eigenvalue weighted by Crippen LogP contribution is -2.27. The first-order valence-electron chi connectivity index (χ1n) is 10.0. The molecule has 0 aliphatic rings. The summed E-state index contributed by atoms with van der Waals surface area (Å²) in [5.41, 5.74) is 3.00. The molecule has 8 heteroatoms. The molecule has 0 saturated heterocycles. The predicted octanol–water partition coefficient (Wildman–Crippen LogP) is 3.33. The Balaban J connectivity index is 1.64. The van der Waals surface area contributed by atoms with Gasteiger partial charge in [0.2, 0.25) is 5.91 Å². The molecule has 1 amide bonds. The monoisotopic (exact) mass is 436 g/mol. The van der Waals surface area contributed by atoms with Crippen molar-refractivity contribution in [2.45, 2.75) is 25.2 Å². The van der Waals surface area contributed by atoms with Crippen molar-refractivity contribution in [1.29, 1.82) is 0 Å². The Kier molecular flexibility index (Phi) is 5.99. The lowest BCUT2D eigenvalue weighted by Gasteiger charge is -2.11. The highest BCUT2D eigenvalue weighted by atomic mass is 32.2. The zero-order valence-electron chi connectivity index (χ0n) is 17.7. The van der Waals surface area contributed by atoms with E-state index in [9.17, 15) is 9.59 Å². The fourth-order valence-electron chi connectivity index (χ4n) is 3.63. The Labute approximate surface area is 184 Å². The molecule has 0 unspecified atom stereocenters. The Morgan fingerprint density at radius 1 is 1.19 bits per heavy atom. The molecule has 2 aromatic carbocycles. The van der Waals surface area contributed by atoms with Crippen LogP contribution < -0.4 is 15.6 Å². The summed E-state index contributed by atoms with van der Waals surface area (Å²) in [5.74, 6) is 0.778. The Bertz CT molecular complexity index is 1310. The van der Waals surface area contributed by atoms with Crippen LogP contribution in [0.4, 0.5) is 0 Å². The molecule has 1 N–H and O–H groups in total. The summed E-state index contributed by atoms with van der Waals surface area (Å²) in [6.45, 7) is 2.84. The summed E-state index contributed by atoms with van der Waals surface area (Å²) < 4.78 is 8.84. The van der Waals surface area contributed by atoms with Crippen molar-refractivity contribution in [2.24, 2.45) is 7.05 Å². The van der Waals surface area contributed by atoms with Gasteiger partial charge in [0.05, 0.1) is 18.4 Å². The highest BCUT2D eigenvalue weighted by Crippen LogP contribution is 2.29. The average molecular weight is 437 g/mol. The molecular formula is C23H24N4O3S. The molecule has 4 aromatic rings. The molecule has 0 spiro atoms. The maximum Gasteiger partial charge on any atom is 0.278 e. The minimum absolute atomic E-state index is 0.106. The fraction of sp³-hybridized carbons (Fsp3) is 0.261. The van der Waals surface area contributed by atoms with Gasteiger partial charge in [-0.25, -0.2) is 4.98 Å². The van der Waals surface area contributed by atoms with Gasteiger partial charge in [-0.2, -0.15) is 0 Å². The van der Waals surface area contributed by atoms with Gasteiger partial charge in [0.1, 0.15) is 16.8 Å². The number of methoxy groups -OCH3 is 1. The molecule has 160 valence electrons. The van der Waals surface area contributed by atoms with Gasteiger partial charge in [-0.15, -0.1) is 0 Å². The number of nitrogens with one attached hydrogen (secondary N) is 1. The summed E-state index contributed by atoms with van der Waals surface area (Å²) in [7, 11) is 3.48. The number of amides is 1. The molecule has 4 rings (SSSR count). The van der Waals surface area contributed by atoms with Crippen LogP contribution in [0.3, 0.4) is 0 Å². The first-order valence-corrected chi connectivity index (χ1v) is 11.0. The Morgan fingerprint density at radius 3 is 2.68 bits per heavy atom. The third-order valence-electron chi connectivity index (χ3n) is 5.25. The van der Waals surface area contributed by atoms with Gasteiger partial charge < -0.3 is 14.6 Å². The number of hydrogen-bond acceptors (Lipinski definition) is 5. The van der Waals surface area contributed by atoms with E-state index in [1.165, 1.54) is 11.8 Å². The Hall–Kier alpha value is -3.26. The molecule has 7 nitrogen and oxygen atoms in total. The minimum Gasteiger partial charge on any atom is -0.497 e. The zero-order chi connectivity index (χ0) is 22.0. The summed E-state index contributed by atoms with van der Waals surface area (Å²) in [4.78, 5) is 30.4. The van der Waals surface area contributed by atoms with Gasteiger partial charge in [0.15, 0.2) is 5.16 Å². The molecule has 31 heavy (non-hydrogen) atoms. The molecule has 0 fully saturated rings. The van der Waals surface area contributed by atoms with Crippen LogP contribution in [0.25, 0.3) is 21.9 Å². The van der Waals surface area contributed by atoms with Crippen molar-refractivity contribution in [3.8, 4) is 5.75 Å². The van der Waals surface area contributed by atoms with E-state index in [0.29, 0.717) is 35.0 Å². The number of rotatable bonds is 7. The third-order valence-corrected chi connectivity index (χ3v) is 6.22. The highest BCUT2D eigenvalue weighted by molar-refractivity contribution is 7.99.